The number of hydrogen-bond acceptors (Lipinski definition) is 3. The lowest BCUT2D eigenvalue weighted by molar-refractivity contribution is -0.138. The van der Waals surface area contributed by atoms with E-state index in [9.17, 15) is 18.0 Å². The third kappa shape index (κ3) is 3.47. The lowest BCUT2D eigenvalue weighted by Gasteiger charge is -2.11. The zero-order valence-corrected chi connectivity index (χ0v) is 13.5. The van der Waals surface area contributed by atoms with Gasteiger partial charge in [0.05, 0.1) is 11.1 Å². The summed E-state index contributed by atoms with van der Waals surface area (Å²) in [7, 11) is 0. The van der Waals surface area contributed by atoms with Crippen molar-refractivity contribution in [1.29, 1.82) is 0 Å². The number of carbonyl (C=O) groups excluding carboxylic acids is 1. The van der Waals surface area contributed by atoms with Crippen LogP contribution in [0.1, 0.15) is 35.9 Å². The minimum Gasteiger partial charge on any atom is -0.321 e. The van der Waals surface area contributed by atoms with Crippen LogP contribution in [0.15, 0.2) is 42.7 Å². The Kier molecular flexibility index (Phi) is 4.20. The monoisotopic (exact) mass is 348 g/mol. The fraction of sp³-hybridized carbons (Fsp3) is 0.235. The molecule has 1 amide bonds. The normalized spacial score (nSPS) is 11.9. The van der Waals surface area contributed by atoms with Gasteiger partial charge in [-0.2, -0.15) is 18.3 Å². The van der Waals surface area contributed by atoms with Crippen LogP contribution < -0.4 is 5.32 Å². The molecule has 3 rings (SSSR count). The van der Waals surface area contributed by atoms with E-state index in [4.69, 9.17) is 0 Å². The fourth-order valence-electron chi connectivity index (χ4n) is 2.38. The second-order valence-electron chi connectivity index (χ2n) is 5.83. The molecule has 0 aliphatic carbocycles. The number of nitrogens with one attached hydrogen (secondary N) is 1. The molecule has 0 bridgehead atoms. The third-order valence-corrected chi connectivity index (χ3v) is 3.64. The number of anilines is 1. The lowest BCUT2D eigenvalue weighted by Crippen LogP contribution is -2.20. The van der Waals surface area contributed by atoms with Crippen molar-refractivity contribution >= 4 is 22.5 Å². The van der Waals surface area contributed by atoms with Gasteiger partial charge < -0.3 is 5.32 Å². The van der Waals surface area contributed by atoms with Crippen molar-refractivity contribution in [2.24, 2.45) is 0 Å². The molecular formula is C17H15F3N4O. The number of nitrogens with zero attached hydrogens (tertiary/aromatic N) is 3. The molecule has 2 heterocycles. The molecule has 5 nitrogen and oxygen atoms in total. The molecule has 0 saturated carbocycles. The number of aromatic nitrogens is 3. The first-order valence-electron chi connectivity index (χ1n) is 7.58. The fourth-order valence-corrected chi connectivity index (χ4v) is 2.38. The standard InChI is InChI=1S/C17H15F3N4O/c1-10(2)24-9-11-5-6-12(8-14(11)23-24)22-16(25)15-13(17(18,19)20)4-3-7-21-15/h3-10H,1-2H3,(H,22,25). The topological polar surface area (TPSA) is 59.8 Å². The van der Waals surface area contributed by atoms with Crippen molar-refractivity contribution in [3.05, 3.63) is 54.0 Å². The van der Waals surface area contributed by atoms with Crippen molar-refractivity contribution in [2.75, 3.05) is 5.32 Å². The first-order valence-corrected chi connectivity index (χ1v) is 7.58. The maximum atomic E-state index is 13.0. The Morgan fingerprint density at radius 1 is 1.24 bits per heavy atom. The number of amides is 1. The highest BCUT2D eigenvalue weighted by molar-refractivity contribution is 6.04. The van der Waals surface area contributed by atoms with E-state index >= 15 is 0 Å². The molecule has 2 aromatic heterocycles. The van der Waals surface area contributed by atoms with Crippen LogP contribution in [0.2, 0.25) is 0 Å². The molecule has 0 fully saturated rings. The maximum Gasteiger partial charge on any atom is 0.418 e. The van der Waals surface area contributed by atoms with Gasteiger partial charge in [-0.3, -0.25) is 14.5 Å². The Morgan fingerprint density at radius 2 is 2.00 bits per heavy atom. The zero-order chi connectivity index (χ0) is 18.2. The molecular weight excluding hydrogens is 333 g/mol. The molecule has 0 spiro atoms. The van der Waals surface area contributed by atoms with E-state index in [0.29, 0.717) is 11.2 Å². The van der Waals surface area contributed by atoms with Gasteiger partial charge in [0.1, 0.15) is 5.69 Å². The second-order valence-corrected chi connectivity index (χ2v) is 5.83. The van der Waals surface area contributed by atoms with E-state index in [0.717, 1.165) is 23.7 Å². The number of halogens is 3. The molecule has 0 unspecified atom stereocenters. The van der Waals surface area contributed by atoms with Crippen LogP contribution in [0.25, 0.3) is 10.9 Å². The zero-order valence-electron chi connectivity index (χ0n) is 13.5. The summed E-state index contributed by atoms with van der Waals surface area (Å²) in [6.45, 7) is 3.96. The first-order chi connectivity index (χ1) is 11.8. The van der Waals surface area contributed by atoms with Crippen LogP contribution in [0, 0.1) is 0 Å². The van der Waals surface area contributed by atoms with Crippen LogP contribution in [-0.2, 0) is 6.18 Å². The second kappa shape index (κ2) is 6.19. The first kappa shape index (κ1) is 16.9. The van der Waals surface area contributed by atoms with Crippen LogP contribution in [0.3, 0.4) is 0 Å². The molecule has 0 radical (unpaired) electrons. The van der Waals surface area contributed by atoms with E-state index in [1.54, 1.807) is 22.9 Å². The van der Waals surface area contributed by atoms with Gasteiger partial charge in [-0.1, -0.05) is 0 Å². The van der Waals surface area contributed by atoms with Gasteiger partial charge in [0, 0.05) is 29.5 Å². The van der Waals surface area contributed by atoms with Crippen LogP contribution in [0.4, 0.5) is 18.9 Å². The molecule has 0 aliphatic rings. The summed E-state index contributed by atoms with van der Waals surface area (Å²) >= 11 is 0. The maximum absolute atomic E-state index is 13.0. The summed E-state index contributed by atoms with van der Waals surface area (Å²) in [5.41, 5.74) is -0.741. The Bertz CT molecular complexity index is 931. The summed E-state index contributed by atoms with van der Waals surface area (Å²) in [5.74, 6) is -0.921. The summed E-state index contributed by atoms with van der Waals surface area (Å²) < 4.78 is 40.8. The van der Waals surface area contributed by atoms with E-state index < -0.39 is 23.3 Å². The number of pyridine rings is 1. The lowest BCUT2D eigenvalue weighted by atomic mass is 10.1. The van der Waals surface area contributed by atoms with Crippen molar-refractivity contribution in [2.45, 2.75) is 26.1 Å². The molecule has 0 aliphatic heterocycles. The molecule has 0 saturated heterocycles. The molecule has 1 N–H and O–H groups in total. The summed E-state index contributed by atoms with van der Waals surface area (Å²) in [4.78, 5) is 15.8. The van der Waals surface area contributed by atoms with Gasteiger partial charge in [-0.25, -0.2) is 0 Å². The quantitative estimate of drug-likeness (QED) is 0.768. The van der Waals surface area contributed by atoms with Gasteiger partial charge in [0.2, 0.25) is 0 Å². The van der Waals surface area contributed by atoms with Crippen molar-refractivity contribution in [3.8, 4) is 0 Å². The minimum atomic E-state index is -4.65. The Balaban J connectivity index is 1.90. The molecule has 0 atom stereocenters. The van der Waals surface area contributed by atoms with Crippen LogP contribution in [-0.4, -0.2) is 20.7 Å². The minimum absolute atomic E-state index is 0.174. The van der Waals surface area contributed by atoms with Crippen molar-refractivity contribution < 1.29 is 18.0 Å². The number of rotatable bonds is 3. The smallest absolute Gasteiger partial charge is 0.321 e. The van der Waals surface area contributed by atoms with Gasteiger partial charge in [-0.15, -0.1) is 0 Å². The van der Waals surface area contributed by atoms with Gasteiger partial charge in [0.15, 0.2) is 0 Å². The van der Waals surface area contributed by atoms with Crippen molar-refractivity contribution in [1.82, 2.24) is 14.8 Å². The van der Waals surface area contributed by atoms with Crippen LogP contribution >= 0.6 is 0 Å². The largest absolute Gasteiger partial charge is 0.418 e. The van der Waals surface area contributed by atoms with Crippen LogP contribution in [0.5, 0.6) is 0 Å². The highest BCUT2D eigenvalue weighted by Crippen LogP contribution is 2.31. The number of alkyl halides is 3. The molecule has 130 valence electrons. The summed E-state index contributed by atoms with van der Waals surface area (Å²) in [6, 6.07) is 7.12. The van der Waals surface area contributed by atoms with E-state index in [-0.39, 0.29) is 6.04 Å². The number of benzene rings is 1. The highest BCUT2D eigenvalue weighted by Gasteiger charge is 2.35. The Morgan fingerprint density at radius 3 is 2.68 bits per heavy atom. The number of carbonyl (C=O) groups is 1. The SMILES string of the molecule is CC(C)n1cc2ccc(NC(=O)c3ncccc3C(F)(F)F)cc2n1. The number of fused-ring (bicyclic) bond motifs is 1. The van der Waals surface area contributed by atoms with Gasteiger partial charge in [0.25, 0.3) is 5.91 Å². The predicted octanol–water partition coefficient (Wildman–Crippen LogP) is 4.28. The average Bonchev–Trinajstić information content (AvgIpc) is 2.97. The molecule has 3 aromatic rings. The summed E-state index contributed by atoms with van der Waals surface area (Å²) in [5, 5.41) is 7.71. The molecule has 25 heavy (non-hydrogen) atoms. The molecule has 1 aromatic carbocycles. The van der Waals surface area contributed by atoms with E-state index in [1.807, 2.05) is 20.0 Å². The van der Waals surface area contributed by atoms with Crippen molar-refractivity contribution in [3.63, 3.8) is 0 Å². The Hall–Kier alpha value is -2.90. The van der Waals surface area contributed by atoms with E-state index in [1.165, 1.54) is 0 Å². The van der Waals surface area contributed by atoms with Gasteiger partial charge >= 0.3 is 6.18 Å². The van der Waals surface area contributed by atoms with E-state index in [2.05, 4.69) is 15.4 Å². The predicted molar refractivity (Wildman–Crippen MR) is 87.3 cm³/mol. The third-order valence-electron chi connectivity index (χ3n) is 3.64. The number of hydrogen-bond donors (Lipinski definition) is 1. The van der Waals surface area contributed by atoms with Gasteiger partial charge in [-0.05, 0) is 44.2 Å². The Labute approximate surface area is 141 Å². The highest BCUT2D eigenvalue weighted by atomic mass is 19.4. The average molecular weight is 348 g/mol. The molecule has 8 heteroatoms. The summed E-state index contributed by atoms with van der Waals surface area (Å²) in [6.07, 6.45) is -1.63.